The van der Waals surface area contributed by atoms with Crippen molar-refractivity contribution in [2.24, 2.45) is 0 Å². The first-order valence-electron chi connectivity index (χ1n) is 15.4. The summed E-state index contributed by atoms with van der Waals surface area (Å²) in [5.74, 6) is -2.13. The number of para-hydroxylation sites is 1. The van der Waals surface area contributed by atoms with Crippen LogP contribution in [0.5, 0.6) is 11.5 Å². The van der Waals surface area contributed by atoms with Crippen LogP contribution in [0.3, 0.4) is 0 Å². The number of carbonyl (C=O) groups excluding carboxylic acids is 2. The van der Waals surface area contributed by atoms with Crippen LogP contribution in [0.1, 0.15) is 47.2 Å². The standard InChI is InChI=1S/C35H35ClN4O8/c1-22-27(36)7-3-9-30(22)47-16-4-10-31(41)40-15-5-17-48-33-26(6-2-8-29(33)40)25-19-37-39(21-25)20-23-11-13-24(14-12-23)34(44)38-28(35(45)46)18-32(42)43/h2-3,6-9,11-14,19,21,28H,4-5,10,15-18,20H2,1H3,(H,38,44)(H,42,43)(H,45,46)/t28-/m0/s1. The van der Waals surface area contributed by atoms with E-state index in [2.05, 4.69) is 10.4 Å². The molecule has 0 spiro atoms. The number of halogens is 1. The Hall–Kier alpha value is -5.36. The topological polar surface area (TPSA) is 160 Å². The van der Waals surface area contributed by atoms with Gasteiger partial charge < -0.3 is 29.9 Å². The van der Waals surface area contributed by atoms with Crippen LogP contribution < -0.4 is 19.7 Å². The molecule has 0 fully saturated rings. The van der Waals surface area contributed by atoms with Gasteiger partial charge in [-0.2, -0.15) is 5.10 Å². The van der Waals surface area contributed by atoms with E-state index in [4.69, 9.17) is 26.2 Å². The second-order valence-corrected chi connectivity index (χ2v) is 11.7. The van der Waals surface area contributed by atoms with Crippen molar-refractivity contribution in [2.45, 2.75) is 45.2 Å². The predicted molar refractivity (Wildman–Crippen MR) is 178 cm³/mol. The number of carboxylic acids is 2. The van der Waals surface area contributed by atoms with Gasteiger partial charge in [0, 0.05) is 46.4 Å². The van der Waals surface area contributed by atoms with Gasteiger partial charge in [0.15, 0.2) is 5.75 Å². The number of hydrogen-bond donors (Lipinski definition) is 3. The summed E-state index contributed by atoms with van der Waals surface area (Å²) in [5, 5.41) is 25.5. The van der Waals surface area contributed by atoms with E-state index in [1.54, 1.807) is 27.9 Å². The van der Waals surface area contributed by atoms with E-state index in [1.807, 2.05) is 49.5 Å². The predicted octanol–water partition coefficient (Wildman–Crippen LogP) is 5.19. The number of aromatic nitrogens is 2. The Morgan fingerprint density at radius 2 is 1.83 bits per heavy atom. The van der Waals surface area contributed by atoms with Crippen LogP contribution in [0.15, 0.2) is 73.1 Å². The molecule has 0 saturated heterocycles. The number of ether oxygens (including phenoxy) is 2. The minimum absolute atomic E-state index is 0.0153. The summed E-state index contributed by atoms with van der Waals surface area (Å²) in [5.41, 5.74) is 4.21. The Labute approximate surface area is 281 Å². The van der Waals surface area contributed by atoms with E-state index in [1.165, 1.54) is 12.1 Å². The number of benzene rings is 3. The highest BCUT2D eigenvalue weighted by Crippen LogP contribution is 2.40. The lowest BCUT2D eigenvalue weighted by molar-refractivity contribution is -0.145. The lowest BCUT2D eigenvalue weighted by Gasteiger charge is -2.23. The fraction of sp³-hybridized carbons (Fsp3) is 0.286. The van der Waals surface area contributed by atoms with Crippen LogP contribution >= 0.6 is 11.6 Å². The van der Waals surface area contributed by atoms with Crippen molar-refractivity contribution >= 4 is 41.0 Å². The largest absolute Gasteiger partial charge is 0.493 e. The Morgan fingerprint density at radius 1 is 1.06 bits per heavy atom. The molecule has 4 aromatic rings. The van der Waals surface area contributed by atoms with Crippen LogP contribution in [-0.4, -0.2) is 69.5 Å². The van der Waals surface area contributed by atoms with Gasteiger partial charge in [-0.05, 0) is 55.7 Å². The van der Waals surface area contributed by atoms with Gasteiger partial charge in [0.2, 0.25) is 5.91 Å². The third-order valence-electron chi connectivity index (χ3n) is 7.86. The number of aliphatic carboxylic acids is 2. The summed E-state index contributed by atoms with van der Waals surface area (Å²) in [7, 11) is 0. The van der Waals surface area contributed by atoms with E-state index in [0.29, 0.717) is 67.8 Å². The summed E-state index contributed by atoms with van der Waals surface area (Å²) in [4.78, 5) is 49.9. The summed E-state index contributed by atoms with van der Waals surface area (Å²) in [6.07, 6.45) is 4.40. The third kappa shape index (κ3) is 8.31. The van der Waals surface area contributed by atoms with Crippen LogP contribution in [0, 0.1) is 6.92 Å². The van der Waals surface area contributed by atoms with Crippen molar-refractivity contribution in [3.05, 3.63) is 94.8 Å². The first kappa shape index (κ1) is 34.0. The molecular weight excluding hydrogens is 640 g/mol. The minimum Gasteiger partial charge on any atom is -0.493 e. The molecule has 0 aliphatic carbocycles. The fourth-order valence-corrected chi connectivity index (χ4v) is 5.50. The lowest BCUT2D eigenvalue weighted by atomic mass is 10.1. The van der Waals surface area contributed by atoms with E-state index in [0.717, 1.165) is 22.3 Å². The molecule has 12 nitrogen and oxygen atoms in total. The molecule has 13 heteroatoms. The van der Waals surface area contributed by atoms with Gasteiger partial charge >= 0.3 is 11.9 Å². The molecule has 48 heavy (non-hydrogen) atoms. The number of nitrogens with one attached hydrogen (secondary N) is 1. The van der Waals surface area contributed by atoms with Crippen molar-refractivity contribution in [1.82, 2.24) is 15.1 Å². The van der Waals surface area contributed by atoms with Crippen LogP contribution in [-0.2, 0) is 20.9 Å². The maximum absolute atomic E-state index is 13.4. The van der Waals surface area contributed by atoms with Gasteiger partial charge in [0.25, 0.3) is 5.91 Å². The number of anilines is 1. The van der Waals surface area contributed by atoms with E-state index in [9.17, 15) is 24.3 Å². The lowest BCUT2D eigenvalue weighted by Crippen LogP contribution is -2.42. The molecular formula is C35H35ClN4O8. The number of carboxylic acid groups (broad SMARTS) is 2. The molecule has 3 aromatic carbocycles. The first-order chi connectivity index (χ1) is 23.1. The first-order valence-corrected chi connectivity index (χ1v) is 15.8. The van der Waals surface area contributed by atoms with Gasteiger partial charge in [0.05, 0.1) is 38.1 Å². The van der Waals surface area contributed by atoms with Gasteiger partial charge in [-0.15, -0.1) is 0 Å². The van der Waals surface area contributed by atoms with Gasteiger partial charge in [-0.1, -0.05) is 41.9 Å². The Balaban J connectivity index is 1.23. The van der Waals surface area contributed by atoms with Gasteiger partial charge in [0.1, 0.15) is 11.8 Å². The zero-order valence-electron chi connectivity index (χ0n) is 26.2. The number of hydrogen-bond acceptors (Lipinski definition) is 7. The molecule has 0 saturated carbocycles. The summed E-state index contributed by atoms with van der Waals surface area (Å²) in [6, 6.07) is 16.2. The van der Waals surface area contributed by atoms with E-state index < -0.39 is 30.3 Å². The second-order valence-electron chi connectivity index (χ2n) is 11.3. The number of fused-ring (bicyclic) bond motifs is 1. The molecule has 2 amide bonds. The summed E-state index contributed by atoms with van der Waals surface area (Å²) >= 11 is 6.19. The average Bonchev–Trinajstić information content (AvgIpc) is 3.41. The SMILES string of the molecule is Cc1c(Cl)cccc1OCCCC(=O)N1CCCOc2c(-c3cnn(Cc4ccc(C(=O)N[C@@H](CC(=O)O)C(=O)O)cc4)c3)cccc21. The van der Waals surface area contributed by atoms with Gasteiger partial charge in [-0.3, -0.25) is 19.1 Å². The normalized spacial score (nSPS) is 13.1. The van der Waals surface area contributed by atoms with Gasteiger partial charge in [-0.25, -0.2) is 4.79 Å². The Bertz CT molecular complexity index is 1810. The summed E-state index contributed by atoms with van der Waals surface area (Å²) < 4.78 is 13.8. The number of carbonyl (C=O) groups is 4. The maximum Gasteiger partial charge on any atom is 0.326 e. The average molecular weight is 675 g/mol. The third-order valence-corrected chi connectivity index (χ3v) is 8.27. The molecule has 0 radical (unpaired) electrons. The molecule has 1 aliphatic heterocycles. The smallest absolute Gasteiger partial charge is 0.326 e. The quantitative estimate of drug-likeness (QED) is 0.162. The molecule has 3 N–H and O–H groups in total. The maximum atomic E-state index is 13.4. The van der Waals surface area contributed by atoms with Crippen molar-refractivity contribution in [2.75, 3.05) is 24.7 Å². The molecule has 1 aliphatic rings. The highest BCUT2D eigenvalue weighted by molar-refractivity contribution is 6.31. The highest BCUT2D eigenvalue weighted by Gasteiger charge is 2.26. The highest BCUT2D eigenvalue weighted by atomic mass is 35.5. The van der Waals surface area contributed by atoms with Crippen LogP contribution in [0.25, 0.3) is 11.1 Å². The number of amides is 2. The molecule has 250 valence electrons. The zero-order valence-corrected chi connectivity index (χ0v) is 27.0. The Morgan fingerprint density at radius 3 is 2.58 bits per heavy atom. The van der Waals surface area contributed by atoms with Crippen molar-refractivity contribution < 1.29 is 38.9 Å². The summed E-state index contributed by atoms with van der Waals surface area (Å²) in [6.45, 7) is 3.66. The number of nitrogens with zero attached hydrogens (tertiary/aromatic N) is 3. The molecule has 5 rings (SSSR count). The van der Waals surface area contributed by atoms with Crippen LogP contribution in [0.2, 0.25) is 5.02 Å². The molecule has 1 aromatic heterocycles. The van der Waals surface area contributed by atoms with Crippen LogP contribution in [0.4, 0.5) is 5.69 Å². The molecule has 1 atom stereocenters. The van der Waals surface area contributed by atoms with Crippen molar-refractivity contribution in [3.8, 4) is 22.6 Å². The zero-order chi connectivity index (χ0) is 34.2. The molecule has 0 bridgehead atoms. The monoisotopic (exact) mass is 674 g/mol. The fourth-order valence-electron chi connectivity index (χ4n) is 5.33. The van der Waals surface area contributed by atoms with Crippen molar-refractivity contribution in [1.29, 1.82) is 0 Å². The number of rotatable bonds is 13. The van der Waals surface area contributed by atoms with E-state index >= 15 is 0 Å². The molecule has 2 heterocycles. The molecule has 0 unspecified atom stereocenters. The minimum atomic E-state index is -1.54. The second kappa shape index (κ2) is 15.5. The Kier molecular flexibility index (Phi) is 11.0. The van der Waals surface area contributed by atoms with E-state index in [-0.39, 0.29) is 11.5 Å². The van der Waals surface area contributed by atoms with Crippen molar-refractivity contribution in [3.63, 3.8) is 0 Å².